The van der Waals surface area contributed by atoms with Crippen LogP contribution in [-0.2, 0) is 62.4 Å². The number of benzene rings is 3. The Hall–Kier alpha value is -7.15. The van der Waals surface area contributed by atoms with Crippen LogP contribution in [0.1, 0.15) is 57.2 Å². The topological polar surface area (TPSA) is 366 Å². The minimum atomic E-state index is -1.62. The van der Waals surface area contributed by atoms with Crippen LogP contribution in [-0.4, -0.2) is 139 Å². The number of fused-ring (bicyclic) bond motifs is 1. The molecule has 0 saturated carbocycles. The predicted octanol–water partition coefficient (Wildman–Crippen LogP) is 0.360. The summed E-state index contributed by atoms with van der Waals surface area (Å²) < 4.78 is -1.42. The van der Waals surface area contributed by atoms with Gasteiger partial charge < -0.3 is 69.0 Å². The molecule has 74 heavy (non-hydrogen) atoms. The number of phenolic OH excluding ortho intramolecular Hbond substituents is 1. The van der Waals surface area contributed by atoms with E-state index >= 15 is 0 Å². The molecule has 0 radical (unpaired) electrons. The molecule has 1 aliphatic heterocycles. The largest absolute Gasteiger partial charge is 0.508 e. The molecule has 3 unspecified atom stereocenters. The van der Waals surface area contributed by atoms with Crippen molar-refractivity contribution in [1.82, 2.24) is 42.2 Å². The number of H-pyrrole nitrogens is 1. The highest BCUT2D eigenvalue weighted by Crippen LogP contribution is 2.39. The van der Waals surface area contributed by atoms with Gasteiger partial charge >= 0.3 is 11.9 Å². The van der Waals surface area contributed by atoms with Crippen LogP contribution in [0.25, 0.3) is 10.9 Å². The van der Waals surface area contributed by atoms with Crippen LogP contribution in [0.4, 0.5) is 0 Å². The normalized spacial score (nSPS) is 22.2. The number of carbonyl (C=O) groups is 9. The molecule has 7 amide bonds. The summed E-state index contributed by atoms with van der Waals surface area (Å²) >= 11 is 0. The van der Waals surface area contributed by atoms with Crippen molar-refractivity contribution < 1.29 is 58.5 Å². The van der Waals surface area contributed by atoms with Gasteiger partial charge in [-0.1, -0.05) is 96.1 Å². The number of aliphatic carboxylic acids is 2. The van der Waals surface area contributed by atoms with Gasteiger partial charge in [0, 0.05) is 46.9 Å². The summed E-state index contributed by atoms with van der Waals surface area (Å²) in [4.78, 5) is 128. The molecule has 398 valence electrons. The Kier molecular flexibility index (Phi) is 20.8. The molecule has 1 aliphatic rings. The number of nitrogens with two attached hydrogens (primary N) is 2. The third kappa shape index (κ3) is 16.4. The smallest absolute Gasteiger partial charge is 0.326 e. The van der Waals surface area contributed by atoms with E-state index in [0.29, 0.717) is 16.7 Å². The lowest BCUT2D eigenvalue weighted by Crippen LogP contribution is -2.63. The Morgan fingerprint density at radius 1 is 0.730 bits per heavy atom. The van der Waals surface area contributed by atoms with Crippen molar-refractivity contribution in [3.8, 4) is 5.75 Å². The average molecular weight is 1060 g/mol. The Balaban J connectivity index is 1.65. The van der Waals surface area contributed by atoms with Crippen molar-refractivity contribution in [2.24, 2.45) is 17.4 Å². The Bertz CT molecular complexity index is 2650. The third-order valence-electron chi connectivity index (χ3n) is 12.1. The van der Waals surface area contributed by atoms with Gasteiger partial charge in [0.2, 0.25) is 41.4 Å². The van der Waals surface area contributed by atoms with Gasteiger partial charge in [-0.15, -0.1) is 0 Å². The van der Waals surface area contributed by atoms with Gasteiger partial charge in [0.25, 0.3) is 0 Å². The lowest BCUT2D eigenvalue weighted by Gasteiger charge is -2.35. The van der Waals surface area contributed by atoms with Crippen molar-refractivity contribution in [2.75, 3.05) is 12.3 Å². The molecule has 22 nitrogen and oxygen atoms in total. The number of carbonyl (C=O) groups excluding carboxylic acids is 7. The highest BCUT2D eigenvalue weighted by Gasteiger charge is 2.42. The van der Waals surface area contributed by atoms with Crippen LogP contribution in [0, 0.1) is 5.92 Å². The SMILES string of the molecule is CC(C)[C@H](NC(=O)C1CSSC(C)(C)[C@H](NC(=O)[C@@H](N)CC(=O)O)C(=O)NC(Cc2ccccc2)C(=O)N[C@H](Cc2c[nH]c3ccccc23)C(=O)N[C@@H](CCN)C(=O)NC(Cc2ccc(O)cc2)C(=O)N1)C(=O)O. The first-order valence-electron chi connectivity index (χ1n) is 23.8. The molecular weight excluding hydrogens is 997 g/mol. The molecule has 3 aromatic carbocycles. The summed E-state index contributed by atoms with van der Waals surface area (Å²) in [6.07, 6.45) is 0.226. The molecule has 0 aliphatic carbocycles. The van der Waals surface area contributed by atoms with E-state index in [9.17, 15) is 58.5 Å². The number of amides is 7. The van der Waals surface area contributed by atoms with Gasteiger partial charge in [0.1, 0.15) is 48.0 Å². The average Bonchev–Trinajstić information content (AvgIpc) is 3.75. The molecule has 15 N–H and O–H groups in total. The van der Waals surface area contributed by atoms with Crippen LogP contribution in [0.5, 0.6) is 5.75 Å². The summed E-state index contributed by atoms with van der Waals surface area (Å²) in [5.74, 6) is -10.1. The molecule has 4 aromatic rings. The molecule has 5 rings (SSSR count). The minimum absolute atomic E-state index is 0.0837. The van der Waals surface area contributed by atoms with Crippen molar-refractivity contribution in [2.45, 2.75) is 113 Å². The number of aromatic amines is 1. The van der Waals surface area contributed by atoms with Gasteiger partial charge in [-0.3, -0.25) is 38.4 Å². The zero-order chi connectivity index (χ0) is 54.3. The summed E-state index contributed by atoms with van der Waals surface area (Å²) in [6.45, 7) is 6.10. The molecule has 1 saturated heterocycles. The maximum atomic E-state index is 14.8. The first kappa shape index (κ1) is 57.7. The van der Waals surface area contributed by atoms with Gasteiger partial charge in [-0.25, -0.2) is 4.79 Å². The van der Waals surface area contributed by atoms with E-state index in [2.05, 4.69) is 42.2 Å². The number of hydrogen-bond donors (Lipinski definition) is 13. The maximum Gasteiger partial charge on any atom is 0.326 e. The summed E-state index contributed by atoms with van der Waals surface area (Å²) in [7, 11) is 1.90. The second-order valence-corrected chi connectivity index (χ2v) is 21.7. The van der Waals surface area contributed by atoms with Crippen LogP contribution in [0.2, 0.25) is 0 Å². The molecule has 0 bridgehead atoms. The number of carboxylic acid groups (broad SMARTS) is 2. The summed E-state index contributed by atoms with van der Waals surface area (Å²) in [5.41, 5.74) is 14.3. The van der Waals surface area contributed by atoms with Crippen molar-refractivity contribution in [3.63, 3.8) is 0 Å². The quantitative estimate of drug-likeness (QED) is 0.0674. The first-order chi connectivity index (χ1) is 35.1. The third-order valence-corrected chi connectivity index (χ3v) is 15.4. The van der Waals surface area contributed by atoms with Crippen LogP contribution >= 0.6 is 21.6 Å². The maximum absolute atomic E-state index is 14.8. The second-order valence-electron chi connectivity index (χ2n) is 18.7. The van der Waals surface area contributed by atoms with E-state index in [1.165, 1.54) is 24.3 Å². The number of carboxylic acids is 2. The predicted molar refractivity (Wildman–Crippen MR) is 278 cm³/mol. The lowest BCUT2D eigenvalue weighted by molar-refractivity contribution is -0.143. The van der Waals surface area contributed by atoms with Crippen LogP contribution < -0.4 is 48.7 Å². The van der Waals surface area contributed by atoms with E-state index in [-0.39, 0.29) is 43.7 Å². The van der Waals surface area contributed by atoms with E-state index in [1.54, 1.807) is 70.3 Å². The van der Waals surface area contributed by atoms with E-state index < -0.39 is 119 Å². The first-order valence-corrected chi connectivity index (χ1v) is 26.1. The fraction of sp³-hybridized carbons (Fsp3) is 0.420. The number of nitrogens with one attached hydrogen (secondary N) is 8. The fourth-order valence-corrected chi connectivity index (χ4v) is 10.8. The Morgan fingerprint density at radius 3 is 1.86 bits per heavy atom. The minimum Gasteiger partial charge on any atom is -0.508 e. The monoisotopic (exact) mass is 1060 g/mol. The fourth-order valence-electron chi connectivity index (χ4n) is 7.98. The molecular formula is C50H64N10O12S2. The number of para-hydroxylation sites is 1. The number of phenols is 1. The van der Waals surface area contributed by atoms with Crippen LogP contribution in [0.3, 0.4) is 0 Å². The number of aromatic nitrogens is 1. The lowest BCUT2D eigenvalue weighted by atomic mass is 9.98. The number of aromatic hydroxyl groups is 1. The Morgan fingerprint density at radius 2 is 1.27 bits per heavy atom. The van der Waals surface area contributed by atoms with Crippen LogP contribution in [0.15, 0.2) is 85.1 Å². The van der Waals surface area contributed by atoms with E-state index in [4.69, 9.17) is 11.5 Å². The van der Waals surface area contributed by atoms with Gasteiger partial charge in [-0.05, 0) is 67.6 Å². The highest BCUT2D eigenvalue weighted by atomic mass is 33.1. The molecule has 0 spiro atoms. The van der Waals surface area contributed by atoms with Crippen molar-refractivity contribution in [3.05, 3.63) is 102 Å². The Labute approximate surface area is 434 Å². The van der Waals surface area contributed by atoms with E-state index in [1.807, 2.05) is 18.2 Å². The van der Waals surface area contributed by atoms with E-state index in [0.717, 1.165) is 32.5 Å². The zero-order valence-electron chi connectivity index (χ0n) is 41.2. The van der Waals surface area contributed by atoms with Gasteiger partial charge in [0.15, 0.2) is 0 Å². The molecule has 1 fully saturated rings. The summed E-state index contributed by atoms with van der Waals surface area (Å²) in [5, 5.41) is 48.8. The summed E-state index contributed by atoms with van der Waals surface area (Å²) in [6, 6.07) is 9.70. The highest BCUT2D eigenvalue weighted by molar-refractivity contribution is 8.77. The zero-order valence-corrected chi connectivity index (χ0v) is 42.8. The number of hydrogen-bond acceptors (Lipinski definition) is 14. The standard InChI is InChI=1S/C50H64N10O12S2/c1-26(2)40(49(71)72)59-47(69)38-25-73-74-50(3,4)41(60-42(64)32(52)23-39(62)63)48(70)57-36(20-27-10-6-5-7-11-27)44(66)56-37(22-29-24-53-33-13-9-8-12-31(29)33)46(68)54-34(18-19-51)43(65)55-35(45(67)58-38)21-28-14-16-30(61)17-15-28/h5-17,24,26,32,34-38,40-41,53,61H,18-23,25,51-52H2,1-4H3,(H,54,68)(H,55,65)(H,56,66)(H,57,70)(H,58,67)(H,59,69)(H,60,64)(H,62,63)(H,71,72)/t32-,34-,35?,36?,37+,38?,40-,41+/m0/s1. The molecule has 2 heterocycles. The molecule has 1 aromatic heterocycles. The second kappa shape index (κ2) is 26.7. The number of rotatable bonds is 16. The van der Waals surface area contributed by atoms with Crippen molar-refractivity contribution in [1.29, 1.82) is 0 Å². The van der Waals surface area contributed by atoms with Gasteiger partial charge in [-0.2, -0.15) is 0 Å². The molecule has 8 atom stereocenters. The van der Waals surface area contributed by atoms with Crippen molar-refractivity contribution >= 4 is 85.8 Å². The molecule has 24 heteroatoms. The van der Waals surface area contributed by atoms with Gasteiger partial charge in [0.05, 0.1) is 12.5 Å².